The van der Waals surface area contributed by atoms with E-state index < -0.39 is 36.3 Å². The molecule has 0 unspecified atom stereocenters. The van der Waals surface area contributed by atoms with Crippen LogP contribution in [0.15, 0.2) is 44.5 Å². The van der Waals surface area contributed by atoms with Gasteiger partial charge in [0.2, 0.25) is 0 Å². The quantitative estimate of drug-likeness (QED) is 0.727. The van der Waals surface area contributed by atoms with E-state index in [-0.39, 0.29) is 0 Å². The average molecular weight is 396 g/mol. The van der Waals surface area contributed by atoms with Crippen LogP contribution in [0.5, 0.6) is 0 Å². The topological polar surface area (TPSA) is 110 Å². The van der Waals surface area contributed by atoms with Crippen LogP contribution < -0.4 is 16.6 Å². The van der Waals surface area contributed by atoms with E-state index in [1.165, 1.54) is 6.20 Å². The van der Waals surface area contributed by atoms with Crippen molar-refractivity contribution in [2.24, 2.45) is 0 Å². The average Bonchev–Trinajstić information content (AvgIpc) is 2.51. The van der Waals surface area contributed by atoms with Crippen molar-refractivity contribution in [3.05, 3.63) is 61.3 Å². The van der Waals surface area contributed by atoms with Crippen molar-refractivity contribution in [2.45, 2.75) is 13.5 Å². The minimum atomic E-state index is -0.771. The molecular formula is C15H14BrN3O5. The molecule has 2 rings (SSSR count). The van der Waals surface area contributed by atoms with E-state index in [1.807, 2.05) is 18.0 Å². The highest BCUT2D eigenvalue weighted by Crippen LogP contribution is 2.19. The molecule has 24 heavy (non-hydrogen) atoms. The highest BCUT2D eigenvalue weighted by Gasteiger charge is 2.10. The van der Waals surface area contributed by atoms with E-state index in [2.05, 4.69) is 21.2 Å². The number of esters is 1. The number of hydrogen-bond donors (Lipinski definition) is 2. The maximum absolute atomic E-state index is 11.8. The number of nitrogens with one attached hydrogen (secondary N) is 2. The lowest BCUT2D eigenvalue weighted by Gasteiger charge is -2.09. The molecule has 0 bridgehead atoms. The third kappa shape index (κ3) is 4.92. The third-order valence-corrected chi connectivity index (χ3v) is 3.52. The predicted octanol–water partition coefficient (Wildman–Crippen LogP) is 0.789. The maximum Gasteiger partial charge on any atom is 0.328 e. The van der Waals surface area contributed by atoms with Gasteiger partial charge in [-0.15, -0.1) is 0 Å². The number of ether oxygens (including phenoxy) is 1. The van der Waals surface area contributed by atoms with Crippen molar-refractivity contribution in [3.63, 3.8) is 0 Å². The van der Waals surface area contributed by atoms with Crippen LogP contribution in [-0.2, 0) is 20.9 Å². The molecule has 1 heterocycles. The van der Waals surface area contributed by atoms with E-state index >= 15 is 0 Å². The van der Waals surface area contributed by atoms with Gasteiger partial charge in [-0.25, -0.2) is 4.79 Å². The zero-order valence-electron chi connectivity index (χ0n) is 12.7. The number of hydrogen-bond acceptors (Lipinski definition) is 5. The summed E-state index contributed by atoms with van der Waals surface area (Å²) in [5, 5.41) is 2.62. The molecule has 2 N–H and O–H groups in total. The summed E-state index contributed by atoms with van der Waals surface area (Å²) in [7, 11) is 0. The Bertz CT molecular complexity index is 887. The zero-order chi connectivity index (χ0) is 17.7. The molecule has 0 aliphatic carbocycles. The van der Waals surface area contributed by atoms with Crippen molar-refractivity contribution in [1.82, 2.24) is 9.55 Å². The smallest absolute Gasteiger partial charge is 0.328 e. The number of aromatic amines is 1. The molecule has 9 heteroatoms. The summed E-state index contributed by atoms with van der Waals surface area (Å²) in [6.07, 6.45) is 1.17. The minimum absolute atomic E-state index is 0.403. The van der Waals surface area contributed by atoms with Crippen molar-refractivity contribution < 1.29 is 14.3 Å². The van der Waals surface area contributed by atoms with Gasteiger partial charge in [0.1, 0.15) is 6.54 Å². The van der Waals surface area contributed by atoms with Crippen LogP contribution in [-0.4, -0.2) is 28.0 Å². The van der Waals surface area contributed by atoms with Crippen molar-refractivity contribution in [2.75, 3.05) is 11.9 Å². The predicted molar refractivity (Wildman–Crippen MR) is 89.8 cm³/mol. The van der Waals surface area contributed by atoms with Crippen molar-refractivity contribution in [1.29, 1.82) is 0 Å². The highest BCUT2D eigenvalue weighted by atomic mass is 79.9. The van der Waals surface area contributed by atoms with Gasteiger partial charge in [0.15, 0.2) is 6.61 Å². The molecule has 1 amide bonds. The second-order valence-electron chi connectivity index (χ2n) is 4.91. The Morgan fingerprint density at radius 3 is 2.71 bits per heavy atom. The van der Waals surface area contributed by atoms with E-state index in [0.29, 0.717) is 5.69 Å². The molecule has 2 aromatic rings. The molecular weight excluding hydrogens is 382 g/mol. The molecule has 126 valence electrons. The van der Waals surface area contributed by atoms with Crippen LogP contribution in [0.1, 0.15) is 5.56 Å². The molecule has 0 saturated heterocycles. The number of rotatable bonds is 5. The Morgan fingerprint density at radius 2 is 2.04 bits per heavy atom. The molecule has 0 fully saturated rings. The number of anilines is 1. The lowest BCUT2D eigenvalue weighted by molar-refractivity contribution is -0.148. The molecule has 0 saturated carbocycles. The van der Waals surface area contributed by atoms with Gasteiger partial charge >= 0.3 is 11.7 Å². The third-order valence-electron chi connectivity index (χ3n) is 3.02. The van der Waals surface area contributed by atoms with Gasteiger partial charge in [-0.2, -0.15) is 0 Å². The van der Waals surface area contributed by atoms with Crippen LogP contribution in [0.25, 0.3) is 0 Å². The fourth-order valence-electron chi connectivity index (χ4n) is 1.85. The molecule has 1 aromatic heterocycles. The first kappa shape index (κ1) is 17.7. The van der Waals surface area contributed by atoms with Crippen LogP contribution in [0.2, 0.25) is 0 Å². The standard InChI is InChI=1S/C15H14BrN3O5/c1-9-6-10(16)2-3-11(9)17-13(21)8-24-14(22)7-19-5-4-12(20)18-15(19)23/h2-6H,7-8H2,1H3,(H,17,21)(H,18,20,23). The summed E-state index contributed by atoms with van der Waals surface area (Å²) < 4.78 is 6.67. The minimum Gasteiger partial charge on any atom is -0.454 e. The van der Waals surface area contributed by atoms with Gasteiger partial charge < -0.3 is 10.1 Å². The number of nitrogens with zero attached hydrogens (tertiary/aromatic N) is 1. The Labute approximate surface area is 144 Å². The largest absolute Gasteiger partial charge is 0.454 e. The van der Waals surface area contributed by atoms with Gasteiger partial charge in [-0.3, -0.25) is 23.9 Å². The molecule has 0 atom stereocenters. The second kappa shape index (κ2) is 7.73. The number of halogens is 1. The normalized spacial score (nSPS) is 10.2. The number of carbonyl (C=O) groups excluding carboxylic acids is 2. The van der Waals surface area contributed by atoms with Crippen molar-refractivity contribution in [3.8, 4) is 0 Å². The Balaban J connectivity index is 1.88. The Kier molecular flexibility index (Phi) is 5.69. The van der Waals surface area contributed by atoms with Gasteiger partial charge in [-0.1, -0.05) is 15.9 Å². The SMILES string of the molecule is Cc1cc(Br)ccc1NC(=O)COC(=O)Cn1ccc(=O)[nH]c1=O. The fraction of sp³-hybridized carbons (Fsp3) is 0.200. The van der Waals surface area contributed by atoms with E-state index in [1.54, 1.807) is 12.1 Å². The Morgan fingerprint density at radius 1 is 1.29 bits per heavy atom. The van der Waals surface area contributed by atoms with E-state index in [0.717, 1.165) is 20.7 Å². The number of amides is 1. The fourth-order valence-corrected chi connectivity index (χ4v) is 2.33. The number of carbonyl (C=O) groups is 2. The maximum atomic E-state index is 11.8. The van der Waals surface area contributed by atoms with Crippen LogP contribution in [0, 0.1) is 6.92 Å². The lowest BCUT2D eigenvalue weighted by Crippen LogP contribution is -2.32. The molecule has 0 spiro atoms. The molecule has 0 aliphatic heterocycles. The van der Waals surface area contributed by atoms with Crippen LogP contribution in [0.3, 0.4) is 0 Å². The molecule has 1 aromatic carbocycles. The lowest BCUT2D eigenvalue weighted by atomic mass is 10.2. The van der Waals surface area contributed by atoms with Gasteiger partial charge in [-0.05, 0) is 30.7 Å². The monoisotopic (exact) mass is 395 g/mol. The first-order valence-electron chi connectivity index (χ1n) is 6.86. The number of aromatic nitrogens is 2. The summed E-state index contributed by atoms with van der Waals surface area (Å²) in [6.45, 7) is 0.946. The number of H-pyrrole nitrogens is 1. The summed E-state index contributed by atoms with van der Waals surface area (Å²) in [6, 6.07) is 6.44. The van der Waals surface area contributed by atoms with Crippen LogP contribution >= 0.6 is 15.9 Å². The van der Waals surface area contributed by atoms with Gasteiger partial charge in [0, 0.05) is 22.4 Å². The summed E-state index contributed by atoms with van der Waals surface area (Å²) in [4.78, 5) is 47.8. The second-order valence-corrected chi connectivity index (χ2v) is 5.82. The van der Waals surface area contributed by atoms with Gasteiger partial charge in [0.05, 0.1) is 0 Å². The number of aryl methyl sites for hydroxylation is 1. The molecule has 0 aliphatic rings. The summed E-state index contributed by atoms with van der Waals surface area (Å²) in [5.41, 5.74) is 0.170. The zero-order valence-corrected chi connectivity index (χ0v) is 14.3. The van der Waals surface area contributed by atoms with Gasteiger partial charge in [0.25, 0.3) is 11.5 Å². The molecule has 0 radical (unpaired) electrons. The summed E-state index contributed by atoms with van der Waals surface area (Å²) in [5.74, 6) is -1.27. The molecule has 8 nitrogen and oxygen atoms in total. The highest BCUT2D eigenvalue weighted by molar-refractivity contribution is 9.10. The Hall–Kier alpha value is -2.68. The first-order valence-corrected chi connectivity index (χ1v) is 7.66. The van der Waals surface area contributed by atoms with E-state index in [9.17, 15) is 19.2 Å². The summed E-state index contributed by atoms with van der Waals surface area (Å²) >= 11 is 3.32. The van der Waals surface area contributed by atoms with E-state index in [4.69, 9.17) is 4.74 Å². The van der Waals surface area contributed by atoms with Crippen molar-refractivity contribution >= 4 is 33.5 Å². The first-order chi connectivity index (χ1) is 11.3. The van der Waals surface area contributed by atoms with Crippen LogP contribution in [0.4, 0.5) is 5.69 Å². The number of benzene rings is 1.